The van der Waals surface area contributed by atoms with E-state index >= 15 is 0 Å². The minimum absolute atomic E-state index is 0.0551. The SMILES string of the molecule is Cc1ccccc1C(=O)NC1CCN(C(=O)/C=C/c2ccc(N3CCCS3(=O)=O)cc2)CC1. The molecule has 0 aromatic heterocycles. The van der Waals surface area contributed by atoms with Gasteiger partial charge >= 0.3 is 0 Å². The number of amides is 2. The lowest BCUT2D eigenvalue weighted by Gasteiger charge is -2.31. The second-order valence-corrected chi connectivity index (χ2v) is 10.6. The van der Waals surface area contributed by atoms with Gasteiger partial charge in [0.05, 0.1) is 11.4 Å². The zero-order chi connectivity index (χ0) is 23.4. The summed E-state index contributed by atoms with van der Waals surface area (Å²) in [6.07, 6.45) is 5.38. The van der Waals surface area contributed by atoms with Gasteiger partial charge in [0.15, 0.2) is 0 Å². The number of nitrogens with zero attached hydrogens (tertiary/aromatic N) is 2. The maximum absolute atomic E-state index is 12.6. The van der Waals surface area contributed by atoms with Crippen LogP contribution in [0.5, 0.6) is 0 Å². The summed E-state index contributed by atoms with van der Waals surface area (Å²) in [5.41, 5.74) is 3.13. The van der Waals surface area contributed by atoms with E-state index in [1.54, 1.807) is 29.2 Å². The summed E-state index contributed by atoms with van der Waals surface area (Å²) >= 11 is 0. The Bertz CT molecular complexity index is 1150. The molecule has 33 heavy (non-hydrogen) atoms. The van der Waals surface area contributed by atoms with Crippen LogP contribution in [-0.2, 0) is 14.8 Å². The number of hydrogen-bond acceptors (Lipinski definition) is 4. The van der Waals surface area contributed by atoms with Crippen LogP contribution < -0.4 is 9.62 Å². The summed E-state index contributed by atoms with van der Waals surface area (Å²) in [7, 11) is -3.20. The van der Waals surface area contributed by atoms with Gasteiger partial charge in [0.1, 0.15) is 0 Å². The van der Waals surface area contributed by atoms with Gasteiger partial charge in [0.2, 0.25) is 15.9 Å². The van der Waals surface area contributed by atoms with Crippen LogP contribution in [0.15, 0.2) is 54.6 Å². The zero-order valence-electron chi connectivity index (χ0n) is 18.7. The monoisotopic (exact) mass is 467 g/mol. The van der Waals surface area contributed by atoms with Crippen molar-refractivity contribution >= 4 is 33.6 Å². The maximum Gasteiger partial charge on any atom is 0.251 e. The number of carbonyl (C=O) groups excluding carboxylic acids is 2. The molecule has 4 rings (SSSR count). The van der Waals surface area contributed by atoms with Crippen molar-refractivity contribution in [3.63, 3.8) is 0 Å². The molecule has 7 nitrogen and oxygen atoms in total. The number of hydrogen-bond donors (Lipinski definition) is 1. The average Bonchev–Trinajstić information content (AvgIpc) is 3.17. The van der Waals surface area contributed by atoms with Gasteiger partial charge in [-0.3, -0.25) is 13.9 Å². The Morgan fingerprint density at radius 3 is 2.33 bits per heavy atom. The van der Waals surface area contributed by atoms with Gasteiger partial charge in [0, 0.05) is 37.3 Å². The molecule has 2 fully saturated rings. The fraction of sp³-hybridized carbons (Fsp3) is 0.360. The molecule has 2 aromatic rings. The number of likely N-dealkylation sites (tertiary alicyclic amines) is 1. The highest BCUT2D eigenvalue weighted by atomic mass is 32.2. The first kappa shape index (κ1) is 23.0. The quantitative estimate of drug-likeness (QED) is 0.685. The van der Waals surface area contributed by atoms with Crippen LogP contribution in [0.25, 0.3) is 6.08 Å². The number of sulfonamides is 1. The summed E-state index contributed by atoms with van der Waals surface area (Å²) in [6, 6.07) is 14.8. The molecule has 0 unspecified atom stereocenters. The van der Waals surface area contributed by atoms with E-state index in [2.05, 4.69) is 5.32 Å². The van der Waals surface area contributed by atoms with E-state index < -0.39 is 10.0 Å². The van der Waals surface area contributed by atoms with E-state index in [-0.39, 0.29) is 23.6 Å². The molecule has 2 saturated heterocycles. The molecule has 0 saturated carbocycles. The first-order valence-electron chi connectivity index (χ1n) is 11.3. The molecule has 0 spiro atoms. The molecule has 0 bridgehead atoms. The van der Waals surface area contributed by atoms with Gasteiger partial charge in [-0.2, -0.15) is 0 Å². The maximum atomic E-state index is 12.6. The van der Waals surface area contributed by atoms with Crippen LogP contribution in [0, 0.1) is 6.92 Å². The van der Waals surface area contributed by atoms with Crippen molar-refractivity contribution in [2.24, 2.45) is 0 Å². The number of nitrogens with one attached hydrogen (secondary N) is 1. The molecule has 1 N–H and O–H groups in total. The predicted octanol–water partition coefficient (Wildman–Crippen LogP) is 2.97. The molecule has 8 heteroatoms. The molecule has 2 aliphatic heterocycles. The lowest BCUT2D eigenvalue weighted by Crippen LogP contribution is -2.46. The average molecular weight is 468 g/mol. The third-order valence-corrected chi connectivity index (χ3v) is 8.10. The second kappa shape index (κ2) is 9.79. The van der Waals surface area contributed by atoms with Gasteiger partial charge in [-0.05, 0) is 61.6 Å². The number of piperidine rings is 1. The molecule has 2 aliphatic rings. The molecule has 0 atom stereocenters. The Balaban J connectivity index is 1.27. The van der Waals surface area contributed by atoms with E-state index in [9.17, 15) is 18.0 Å². The number of rotatable bonds is 5. The number of benzene rings is 2. The highest BCUT2D eigenvalue weighted by Crippen LogP contribution is 2.24. The minimum Gasteiger partial charge on any atom is -0.349 e. The third-order valence-electron chi connectivity index (χ3n) is 6.23. The summed E-state index contributed by atoms with van der Waals surface area (Å²) in [5, 5.41) is 3.09. The lowest BCUT2D eigenvalue weighted by atomic mass is 10.0. The fourth-order valence-electron chi connectivity index (χ4n) is 4.29. The van der Waals surface area contributed by atoms with Crippen molar-refractivity contribution < 1.29 is 18.0 Å². The van der Waals surface area contributed by atoms with Crippen molar-refractivity contribution in [3.05, 3.63) is 71.3 Å². The van der Waals surface area contributed by atoms with Gasteiger partial charge in [0.25, 0.3) is 5.91 Å². The molecular weight excluding hydrogens is 438 g/mol. The number of aryl methyl sites for hydroxylation is 1. The van der Waals surface area contributed by atoms with E-state index in [1.807, 2.05) is 43.3 Å². The van der Waals surface area contributed by atoms with E-state index in [4.69, 9.17) is 0 Å². The largest absolute Gasteiger partial charge is 0.349 e. The highest BCUT2D eigenvalue weighted by molar-refractivity contribution is 7.93. The first-order chi connectivity index (χ1) is 15.8. The Hall–Kier alpha value is -3.13. The van der Waals surface area contributed by atoms with Gasteiger partial charge in [-0.15, -0.1) is 0 Å². The normalized spacial score (nSPS) is 18.6. The summed E-state index contributed by atoms with van der Waals surface area (Å²) in [4.78, 5) is 26.9. The van der Waals surface area contributed by atoms with Crippen molar-refractivity contribution in [1.29, 1.82) is 0 Å². The van der Waals surface area contributed by atoms with Crippen LogP contribution >= 0.6 is 0 Å². The lowest BCUT2D eigenvalue weighted by molar-refractivity contribution is -0.127. The van der Waals surface area contributed by atoms with Crippen molar-refractivity contribution in [2.45, 2.75) is 32.2 Å². The predicted molar refractivity (Wildman–Crippen MR) is 129 cm³/mol. The molecule has 174 valence electrons. The van der Waals surface area contributed by atoms with Gasteiger partial charge < -0.3 is 10.2 Å². The smallest absolute Gasteiger partial charge is 0.251 e. The topological polar surface area (TPSA) is 86.8 Å². The van der Waals surface area contributed by atoms with Crippen LogP contribution in [0.1, 0.15) is 40.7 Å². The molecule has 2 heterocycles. The second-order valence-electron chi connectivity index (χ2n) is 8.55. The van der Waals surface area contributed by atoms with Gasteiger partial charge in [-0.25, -0.2) is 8.42 Å². The minimum atomic E-state index is -3.20. The van der Waals surface area contributed by atoms with Gasteiger partial charge in [-0.1, -0.05) is 30.3 Å². The Morgan fingerprint density at radius 2 is 1.70 bits per heavy atom. The summed E-state index contributed by atoms with van der Waals surface area (Å²) < 4.78 is 25.5. The van der Waals surface area contributed by atoms with Crippen LogP contribution in [0.4, 0.5) is 5.69 Å². The Morgan fingerprint density at radius 1 is 1.00 bits per heavy atom. The number of carbonyl (C=O) groups is 2. The Labute approximate surface area is 195 Å². The fourth-order valence-corrected chi connectivity index (χ4v) is 5.85. The van der Waals surface area contributed by atoms with Crippen LogP contribution in [-0.4, -0.2) is 56.6 Å². The van der Waals surface area contributed by atoms with Crippen molar-refractivity contribution in [1.82, 2.24) is 10.2 Å². The van der Waals surface area contributed by atoms with E-state index in [0.29, 0.717) is 37.3 Å². The molecule has 0 aliphatic carbocycles. The molecular formula is C25H29N3O4S. The van der Waals surface area contributed by atoms with Crippen LogP contribution in [0.3, 0.4) is 0 Å². The third kappa shape index (κ3) is 5.45. The summed E-state index contributed by atoms with van der Waals surface area (Å²) in [5.74, 6) is 0.0583. The van der Waals surface area contributed by atoms with Crippen molar-refractivity contribution in [2.75, 3.05) is 29.7 Å². The van der Waals surface area contributed by atoms with E-state index in [0.717, 1.165) is 24.0 Å². The molecule has 2 amide bonds. The first-order valence-corrected chi connectivity index (χ1v) is 12.9. The van der Waals surface area contributed by atoms with Crippen LogP contribution in [0.2, 0.25) is 0 Å². The molecule has 0 radical (unpaired) electrons. The summed E-state index contributed by atoms with van der Waals surface area (Å²) in [6.45, 7) is 3.61. The number of anilines is 1. The van der Waals surface area contributed by atoms with E-state index in [1.165, 1.54) is 4.31 Å². The zero-order valence-corrected chi connectivity index (χ0v) is 19.6. The van der Waals surface area contributed by atoms with Crippen molar-refractivity contribution in [3.8, 4) is 0 Å². The Kier molecular flexibility index (Phi) is 6.83. The highest BCUT2D eigenvalue weighted by Gasteiger charge is 2.28. The molecule has 2 aromatic carbocycles. The standard InChI is InChI=1S/C25H29N3O4S/c1-19-5-2-3-6-23(19)25(30)26-21-13-16-27(17-14-21)24(29)12-9-20-7-10-22(11-8-20)28-15-4-18-33(28,31)32/h2-3,5-12,21H,4,13-18H2,1H3,(H,26,30)/b12-9+.